The highest BCUT2D eigenvalue weighted by molar-refractivity contribution is 6.00. The maximum absolute atomic E-state index is 12.7. The highest BCUT2D eigenvalue weighted by Crippen LogP contribution is 2.28. The van der Waals surface area contributed by atoms with Crippen molar-refractivity contribution in [3.05, 3.63) is 23.8 Å². The number of aliphatic imine (C=N–C) groups is 1. The zero-order valence-electron chi connectivity index (χ0n) is 16.7. The fraction of sp³-hybridized carbons (Fsp3) is 0.444. The van der Waals surface area contributed by atoms with Gasteiger partial charge in [0.15, 0.2) is 23.5 Å². The van der Waals surface area contributed by atoms with Gasteiger partial charge in [0.25, 0.3) is 5.91 Å². The number of aromatic hydroxyl groups is 2. The maximum atomic E-state index is 12.7. The topological polar surface area (TPSA) is 210 Å². The zero-order chi connectivity index (χ0) is 22.8. The van der Waals surface area contributed by atoms with E-state index in [-0.39, 0.29) is 24.5 Å². The van der Waals surface area contributed by atoms with Crippen LogP contribution in [0.4, 0.5) is 0 Å². The summed E-state index contributed by atoms with van der Waals surface area (Å²) in [4.78, 5) is 40.8. The largest absolute Gasteiger partial charge is 0.504 e. The Labute approximate surface area is 172 Å². The number of para-hydroxylation sites is 1. The van der Waals surface area contributed by atoms with Gasteiger partial charge in [-0.2, -0.15) is 0 Å². The first-order chi connectivity index (χ1) is 14.1. The van der Waals surface area contributed by atoms with Gasteiger partial charge >= 0.3 is 5.97 Å². The van der Waals surface area contributed by atoms with Crippen molar-refractivity contribution in [1.29, 1.82) is 0 Å². The SMILES string of the molecule is COC(=O)[C@@H](NC(=O)[C@H](CCCN=C(N)N)NC(=O)c1cccc(O)c1O)[C@@H](C)O. The van der Waals surface area contributed by atoms with E-state index >= 15 is 0 Å². The molecular weight excluding hydrogens is 398 g/mol. The number of methoxy groups -OCH3 is 1. The summed E-state index contributed by atoms with van der Waals surface area (Å²) < 4.78 is 4.55. The van der Waals surface area contributed by atoms with Crippen LogP contribution in [0.3, 0.4) is 0 Å². The number of nitrogens with zero attached hydrogens (tertiary/aromatic N) is 1. The number of benzene rings is 1. The molecule has 12 nitrogen and oxygen atoms in total. The molecule has 1 rings (SSSR count). The molecule has 0 spiro atoms. The summed E-state index contributed by atoms with van der Waals surface area (Å²) in [5, 5.41) is 33.9. The van der Waals surface area contributed by atoms with Gasteiger partial charge in [0.1, 0.15) is 6.04 Å². The van der Waals surface area contributed by atoms with Crippen molar-refractivity contribution in [3.8, 4) is 11.5 Å². The Morgan fingerprint density at radius 3 is 2.43 bits per heavy atom. The van der Waals surface area contributed by atoms with Crippen molar-refractivity contribution in [2.45, 2.75) is 38.0 Å². The molecule has 0 aliphatic heterocycles. The van der Waals surface area contributed by atoms with E-state index in [1.165, 1.54) is 25.1 Å². The number of amides is 2. The molecule has 0 unspecified atom stereocenters. The van der Waals surface area contributed by atoms with E-state index in [4.69, 9.17) is 11.5 Å². The molecular formula is C18H27N5O7. The summed E-state index contributed by atoms with van der Waals surface area (Å²) in [5.41, 5.74) is 10.3. The minimum Gasteiger partial charge on any atom is -0.504 e. The van der Waals surface area contributed by atoms with Crippen molar-refractivity contribution in [3.63, 3.8) is 0 Å². The number of hydrogen-bond acceptors (Lipinski definition) is 8. The van der Waals surface area contributed by atoms with E-state index < -0.39 is 47.5 Å². The second-order valence-electron chi connectivity index (χ2n) is 6.40. The van der Waals surface area contributed by atoms with Crippen molar-refractivity contribution in [2.75, 3.05) is 13.7 Å². The second-order valence-corrected chi connectivity index (χ2v) is 6.40. The van der Waals surface area contributed by atoms with Gasteiger partial charge in [0, 0.05) is 6.54 Å². The quantitative estimate of drug-likeness (QED) is 0.0746. The van der Waals surface area contributed by atoms with Gasteiger partial charge < -0.3 is 42.2 Å². The molecule has 0 aliphatic carbocycles. The van der Waals surface area contributed by atoms with Crippen LogP contribution in [0, 0.1) is 0 Å². The molecule has 0 aromatic heterocycles. The highest BCUT2D eigenvalue weighted by Gasteiger charge is 2.30. The first-order valence-corrected chi connectivity index (χ1v) is 9.01. The van der Waals surface area contributed by atoms with Crippen LogP contribution >= 0.6 is 0 Å². The van der Waals surface area contributed by atoms with Crippen LogP contribution in [0.5, 0.6) is 11.5 Å². The van der Waals surface area contributed by atoms with Gasteiger partial charge in [-0.05, 0) is 31.9 Å². The summed E-state index contributed by atoms with van der Waals surface area (Å²) in [7, 11) is 1.10. The minimum atomic E-state index is -1.35. The van der Waals surface area contributed by atoms with Crippen molar-refractivity contribution >= 4 is 23.7 Å². The molecule has 30 heavy (non-hydrogen) atoms. The fourth-order valence-corrected chi connectivity index (χ4v) is 2.48. The Bertz CT molecular complexity index is 793. The summed E-state index contributed by atoms with van der Waals surface area (Å²) in [6.45, 7) is 1.47. The third-order valence-corrected chi connectivity index (χ3v) is 4.06. The standard InChI is InChI=1S/C18H27N5O7/c1-9(24)13(17(29)30-2)23-16(28)11(6-4-8-21-18(19)20)22-15(27)10-5-3-7-12(25)14(10)26/h3,5,7,9,11,13,24-26H,4,6,8H2,1-2H3,(H,22,27)(H,23,28)(H4,19,20,21)/t9-,11+,13+/m1/s1. The summed E-state index contributed by atoms with van der Waals surface area (Å²) in [6, 6.07) is 1.27. The molecule has 0 radical (unpaired) electrons. The maximum Gasteiger partial charge on any atom is 0.331 e. The predicted octanol–water partition coefficient (Wildman–Crippen LogP) is -1.71. The number of hydrogen-bond donors (Lipinski definition) is 7. The lowest BCUT2D eigenvalue weighted by Gasteiger charge is -2.23. The van der Waals surface area contributed by atoms with Gasteiger partial charge in [0.05, 0.1) is 18.8 Å². The lowest BCUT2D eigenvalue weighted by Crippen LogP contribution is -2.55. The third kappa shape index (κ3) is 7.13. The van der Waals surface area contributed by atoms with Crippen LogP contribution in [0.15, 0.2) is 23.2 Å². The first kappa shape index (κ1) is 24.5. The van der Waals surface area contributed by atoms with Gasteiger partial charge in [0.2, 0.25) is 5.91 Å². The molecule has 166 valence electrons. The van der Waals surface area contributed by atoms with E-state index in [0.717, 1.165) is 7.11 Å². The highest BCUT2D eigenvalue weighted by atomic mass is 16.5. The zero-order valence-corrected chi connectivity index (χ0v) is 16.7. The summed E-state index contributed by atoms with van der Waals surface area (Å²) in [6.07, 6.45) is -0.892. The van der Waals surface area contributed by atoms with E-state index in [1.807, 2.05) is 0 Å². The number of esters is 1. The van der Waals surface area contributed by atoms with Gasteiger partial charge in [-0.1, -0.05) is 6.07 Å². The Balaban J connectivity index is 3.01. The molecule has 12 heteroatoms. The molecule has 0 aliphatic rings. The van der Waals surface area contributed by atoms with E-state index in [1.54, 1.807) is 0 Å². The molecule has 0 bridgehead atoms. The smallest absolute Gasteiger partial charge is 0.331 e. The number of carbonyl (C=O) groups excluding carboxylic acids is 3. The Morgan fingerprint density at radius 2 is 1.87 bits per heavy atom. The van der Waals surface area contributed by atoms with Crippen LogP contribution < -0.4 is 22.1 Å². The third-order valence-electron chi connectivity index (χ3n) is 4.06. The molecule has 0 saturated heterocycles. The van der Waals surface area contributed by atoms with Gasteiger partial charge in [-0.15, -0.1) is 0 Å². The number of rotatable bonds is 10. The van der Waals surface area contributed by atoms with Crippen molar-refractivity contribution in [2.24, 2.45) is 16.5 Å². The van der Waals surface area contributed by atoms with Crippen molar-refractivity contribution in [1.82, 2.24) is 10.6 Å². The van der Waals surface area contributed by atoms with Crippen LogP contribution in [-0.4, -0.2) is 70.9 Å². The Hall–Kier alpha value is -3.54. The molecule has 0 heterocycles. The molecule has 1 aromatic carbocycles. The number of nitrogens with one attached hydrogen (secondary N) is 2. The lowest BCUT2D eigenvalue weighted by molar-refractivity contribution is -0.148. The average Bonchev–Trinajstić information content (AvgIpc) is 2.69. The number of nitrogens with two attached hydrogens (primary N) is 2. The average molecular weight is 425 g/mol. The van der Waals surface area contributed by atoms with Crippen LogP contribution in [0.25, 0.3) is 0 Å². The molecule has 0 fully saturated rings. The van der Waals surface area contributed by atoms with Crippen LogP contribution in [-0.2, 0) is 14.3 Å². The summed E-state index contributed by atoms with van der Waals surface area (Å²) >= 11 is 0. The number of carbonyl (C=O) groups is 3. The van der Waals surface area contributed by atoms with E-state index in [9.17, 15) is 29.7 Å². The van der Waals surface area contributed by atoms with Crippen LogP contribution in [0.1, 0.15) is 30.1 Å². The number of aliphatic hydroxyl groups excluding tert-OH is 1. The Kier molecular flexibility index (Phi) is 9.36. The van der Waals surface area contributed by atoms with E-state index in [0.29, 0.717) is 6.42 Å². The molecule has 3 atom stereocenters. The van der Waals surface area contributed by atoms with Crippen molar-refractivity contribution < 1.29 is 34.4 Å². The number of phenols is 2. The van der Waals surface area contributed by atoms with Gasteiger partial charge in [-0.25, -0.2) is 4.79 Å². The number of ether oxygens (including phenoxy) is 1. The second kappa shape index (κ2) is 11.5. The number of guanidine groups is 1. The monoisotopic (exact) mass is 425 g/mol. The Morgan fingerprint density at radius 1 is 1.20 bits per heavy atom. The first-order valence-electron chi connectivity index (χ1n) is 9.01. The number of aliphatic hydroxyl groups is 1. The molecule has 0 saturated carbocycles. The minimum absolute atomic E-state index is 0.0711. The molecule has 2 amide bonds. The normalized spacial score (nSPS) is 13.4. The molecule has 1 aromatic rings. The van der Waals surface area contributed by atoms with E-state index in [2.05, 4.69) is 20.4 Å². The lowest BCUT2D eigenvalue weighted by atomic mass is 10.1. The predicted molar refractivity (Wildman–Crippen MR) is 107 cm³/mol. The fourth-order valence-electron chi connectivity index (χ4n) is 2.48. The number of phenolic OH excluding ortho intramolecular Hbond substituents is 2. The summed E-state index contributed by atoms with van der Waals surface area (Å²) in [5.74, 6) is -3.76. The van der Waals surface area contributed by atoms with Gasteiger partial charge in [-0.3, -0.25) is 14.6 Å². The van der Waals surface area contributed by atoms with Crippen LogP contribution in [0.2, 0.25) is 0 Å². The molecule has 9 N–H and O–H groups in total.